The molecule has 0 amide bonds. The lowest BCUT2D eigenvalue weighted by Crippen LogP contribution is -2.15. The second-order valence-corrected chi connectivity index (χ2v) is 3.24. The largest absolute Gasteiger partial charge is 0.394 e. The zero-order chi connectivity index (χ0) is 9.14. The molecule has 0 saturated heterocycles. The fraction of sp³-hybridized carbons (Fsp3) is 0.250. The summed E-state index contributed by atoms with van der Waals surface area (Å²) in [5, 5.41) is 9.77. The molecule has 0 aliphatic rings. The average molecular weight is 206 g/mol. The number of nitrogens with two attached hydrogens (primary N) is 1. The smallest absolute Gasteiger partial charge is 0.0625 e. The van der Waals surface area contributed by atoms with Crippen LogP contribution < -0.4 is 5.73 Å². The van der Waals surface area contributed by atoms with E-state index in [9.17, 15) is 0 Å². The van der Waals surface area contributed by atoms with Crippen molar-refractivity contribution in [2.45, 2.75) is 6.04 Å². The molecule has 0 heterocycles. The molecule has 2 nitrogen and oxygen atoms in total. The minimum atomic E-state index is -0.508. The van der Waals surface area contributed by atoms with Crippen molar-refractivity contribution >= 4 is 23.2 Å². The summed E-state index contributed by atoms with van der Waals surface area (Å²) in [5.41, 5.74) is 6.18. The molecule has 1 rings (SSSR count). The van der Waals surface area contributed by atoms with Crippen molar-refractivity contribution in [3.8, 4) is 0 Å². The molecule has 0 saturated carbocycles. The lowest BCUT2D eigenvalue weighted by molar-refractivity contribution is 0.268. The van der Waals surface area contributed by atoms with E-state index in [1.165, 1.54) is 0 Å². The van der Waals surface area contributed by atoms with Gasteiger partial charge in [-0.05, 0) is 12.1 Å². The summed E-state index contributed by atoms with van der Waals surface area (Å²) in [7, 11) is 0. The second-order valence-electron chi connectivity index (χ2n) is 2.42. The molecule has 0 aliphatic heterocycles. The molecule has 3 N–H and O–H groups in total. The summed E-state index contributed by atoms with van der Waals surface area (Å²) < 4.78 is 0. The maximum absolute atomic E-state index is 8.79. The first-order valence-corrected chi connectivity index (χ1v) is 4.22. The Balaban J connectivity index is 3.12. The van der Waals surface area contributed by atoms with Crippen molar-refractivity contribution in [1.29, 1.82) is 0 Å². The first kappa shape index (κ1) is 9.81. The summed E-state index contributed by atoms with van der Waals surface area (Å²) in [5.74, 6) is 0. The topological polar surface area (TPSA) is 46.2 Å². The van der Waals surface area contributed by atoms with Crippen molar-refractivity contribution in [1.82, 2.24) is 0 Å². The Morgan fingerprint density at radius 2 is 1.83 bits per heavy atom. The molecule has 4 heteroatoms. The maximum Gasteiger partial charge on any atom is 0.0625 e. The molecule has 0 aromatic heterocycles. The van der Waals surface area contributed by atoms with Crippen LogP contribution in [-0.2, 0) is 0 Å². The van der Waals surface area contributed by atoms with E-state index in [2.05, 4.69) is 0 Å². The molecular formula is C8H9Cl2NO. The van der Waals surface area contributed by atoms with Crippen molar-refractivity contribution in [3.05, 3.63) is 33.8 Å². The van der Waals surface area contributed by atoms with Gasteiger partial charge in [-0.25, -0.2) is 0 Å². The quantitative estimate of drug-likeness (QED) is 0.777. The summed E-state index contributed by atoms with van der Waals surface area (Å²) in [6.45, 7) is -0.163. The highest BCUT2D eigenvalue weighted by Gasteiger charge is 2.12. The highest BCUT2D eigenvalue weighted by atomic mass is 35.5. The fourth-order valence-corrected chi connectivity index (χ4v) is 1.63. The van der Waals surface area contributed by atoms with E-state index in [1.807, 2.05) is 0 Å². The van der Waals surface area contributed by atoms with E-state index >= 15 is 0 Å². The molecule has 0 fully saturated rings. The molecule has 1 unspecified atom stereocenters. The fourth-order valence-electron chi connectivity index (χ4n) is 0.956. The minimum absolute atomic E-state index is 0.163. The van der Waals surface area contributed by atoms with Gasteiger partial charge in [0.05, 0.1) is 12.6 Å². The Morgan fingerprint density at radius 1 is 1.33 bits per heavy atom. The molecule has 1 atom stereocenters. The number of aliphatic hydroxyl groups excluding tert-OH is 1. The highest BCUT2D eigenvalue weighted by Crippen LogP contribution is 2.28. The number of rotatable bonds is 2. The van der Waals surface area contributed by atoms with E-state index in [0.717, 1.165) is 0 Å². The van der Waals surface area contributed by atoms with Crippen LogP contribution in [0.3, 0.4) is 0 Å². The van der Waals surface area contributed by atoms with Gasteiger partial charge in [0.15, 0.2) is 0 Å². The molecule has 0 bridgehead atoms. The maximum atomic E-state index is 8.79. The normalized spacial score (nSPS) is 13.0. The first-order valence-electron chi connectivity index (χ1n) is 3.47. The van der Waals surface area contributed by atoms with Crippen LogP contribution in [0.1, 0.15) is 11.6 Å². The monoisotopic (exact) mass is 205 g/mol. The number of benzene rings is 1. The lowest BCUT2D eigenvalue weighted by Gasteiger charge is -2.11. The third kappa shape index (κ3) is 1.90. The first-order chi connectivity index (χ1) is 5.66. The van der Waals surface area contributed by atoms with Crippen LogP contribution in [0.4, 0.5) is 0 Å². The Kier molecular flexibility index (Phi) is 3.35. The van der Waals surface area contributed by atoms with Gasteiger partial charge in [0.2, 0.25) is 0 Å². The molecule has 12 heavy (non-hydrogen) atoms. The predicted molar refractivity (Wildman–Crippen MR) is 50.5 cm³/mol. The van der Waals surface area contributed by atoms with E-state index in [-0.39, 0.29) is 6.61 Å². The third-order valence-corrected chi connectivity index (χ3v) is 2.23. The van der Waals surface area contributed by atoms with Gasteiger partial charge in [-0.1, -0.05) is 29.3 Å². The number of hydrogen-bond donors (Lipinski definition) is 2. The van der Waals surface area contributed by atoms with Crippen LogP contribution in [0.5, 0.6) is 0 Å². The van der Waals surface area contributed by atoms with Gasteiger partial charge >= 0.3 is 0 Å². The number of hydrogen-bond acceptors (Lipinski definition) is 2. The van der Waals surface area contributed by atoms with Crippen LogP contribution in [0.25, 0.3) is 0 Å². The second kappa shape index (κ2) is 4.10. The Labute approximate surface area is 80.9 Å². The summed E-state index contributed by atoms with van der Waals surface area (Å²) >= 11 is 11.7. The number of halogens is 2. The van der Waals surface area contributed by atoms with Gasteiger partial charge in [0, 0.05) is 15.6 Å². The molecule has 1 aromatic carbocycles. The van der Waals surface area contributed by atoms with Crippen LogP contribution in [0, 0.1) is 0 Å². The SMILES string of the molecule is NC(CO)c1c(Cl)cccc1Cl. The van der Waals surface area contributed by atoms with Gasteiger partial charge < -0.3 is 10.8 Å². The standard InChI is InChI=1S/C8H9Cl2NO/c9-5-2-1-3-6(10)8(5)7(11)4-12/h1-3,7,12H,4,11H2. The average Bonchev–Trinajstić information content (AvgIpc) is 2.03. The molecule has 1 aromatic rings. The van der Waals surface area contributed by atoms with Gasteiger partial charge in [0.25, 0.3) is 0 Å². The molecule has 0 radical (unpaired) electrons. The Morgan fingerprint density at radius 3 is 2.25 bits per heavy atom. The van der Waals surface area contributed by atoms with E-state index in [4.69, 9.17) is 34.0 Å². The van der Waals surface area contributed by atoms with Gasteiger partial charge in [-0.15, -0.1) is 0 Å². The van der Waals surface area contributed by atoms with Gasteiger partial charge in [0.1, 0.15) is 0 Å². The number of aliphatic hydroxyl groups is 1. The van der Waals surface area contributed by atoms with Crippen molar-refractivity contribution in [2.24, 2.45) is 5.73 Å². The summed E-state index contributed by atoms with van der Waals surface area (Å²) in [6.07, 6.45) is 0. The van der Waals surface area contributed by atoms with Gasteiger partial charge in [-0.2, -0.15) is 0 Å². The van der Waals surface area contributed by atoms with Gasteiger partial charge in [-0.3, -0.25) is 0 Å². The molecular weight excluding hydrogens is 197 g/mol. The zero-order valence-corrected chi connectivity index (χ0v) is 7.81. The van der Waals surface area contributed by atoms with E-state index < -0.39 is 6.04 Å². The molecule has 0 aliphatic carbocycles. The van der Waals surface area contributed by atoms with E-state index in [0.29, 0.717) is 15.6 Å². The highest BCUT2D eigenvalue weighted by molar-refractivity contribution is 6.36. The van der Waals surface area contributed by atoms with Crippen molar-refractivity contribution in [3.63, 3.8) is 0 Å². The molecule has 66 valence electrons. The third-order valence-electron chi connectivity index (χ3n) is 1.57. The summed E-state index contributed by atoms with van der Waals surface area (Å²) in [6, 6.07) is 4.61. The lowest BCUT2D eigenvalue weighted by atomic mass is 10.1. The Bertz CT molecular complexity index is 258. The van der Waals surface area contributed by atoms with Crippen LogP contribution in [0.15, 0.2) is 18.2 Å². The van der Waals surface area contributed by atoms with Crippen LogP contribution in [-0.4, -0.2) is 11.7 Å². The zero-order valence-electron chi connectivity index (χ0n) is 6.30. The van der Waals surface area contributed by atoms with Crippen LogP contribution in [0.2, 0.25) is 10.0 Å². The van der Waals surface area contributed by atoms with Crippen molar-refractivity contribution < 1.29 is 5.11 Å². The minimum Gasteiger partial charge on any atom is -0.394 e. The summed E-state index contributed by atoms with van der Waals surface area (Å²) in [4.78, 5) is 0. The van der Waals surface area contributed by atoms with E-state index in [1.54, 1.807) is 18.2 Å². The Hall–Kier alpha value is -0.280. The van der Waals surface area contributed by atoms with Crippen molar-refractivity contribution in [2.75, 3.05) is 6.61 Å². The van der Waals surface area contributed by atoms with Crippen LogP contribution >= 0.6 is 23.2 Å². The predicted octanol–water partition coefficient (Wildman–Crippen LogP) is 1.99. The molecule has 0 spiro atoms.